The van der Waals surface area contributed by atoms with Crippen molar-refractivity contribution in [1.82, 2.24) is 5.32 Å². The van der Waals surface area contributed by atoms with Crippen LogP contribution < -0.4 is 11.1 Å². The lowest BCUT2D eigenvalue weighted by atomic mass is 9.96. The van der Waals surface area contributed by atoms with Crippen molar-refractivity contribution < 1.29 is 4.79 Å². The quantitative estimate of drug-likeness (QED) is 0.722. The molecule has 0 aliphatic rings. The highest BCUT2D eigenvalue weighted by Gasteiger charge is 2.16. The Labute approximate surface area is 124 Å². The first-order chi connectivity index (χ1) is 9.17. The van der Waals surface area contributed by atoms with E-state index < -0.39 is 0 Å². The summed E-state index contributed by atoms with van der Waals surface area (Å²) in [6.45, 7) is 3.47. The number of carbonyl (C=O) groups is 1. The highest BCUT2D eigenvalue weighted by atomic mass is 79.9. The zero-order valence-electron chi connectivity index (χ0n) is 11.5. The molecule has 0 fully saturated rings. The Kier molecular flexibility index (Phi) is 7.75. The minimum absolute atomic E-state index is 0.0483. The maximum Gasteiger partial charge on any atom is 0.223 e. The summed E-state index contributed by atoms with van der Waals surface area (Å²) in [7, 11) is 0. The lowest BCUT2D eigenvalue weighted by Crippen LogP contribution is -2.32. The second kappa shape index (κ2) is 9.10. The van der Waals surface area contributed by atoms with E-state index >= 15 is 0 Å². The van der Waals surface area contributed by atoms with Crippen LogP contribution in [-0.2, 0) is 11.2 Å². The normalized spacial score (nSPS) is 12.2. The van der Waals surface area contributed by atoms with Crippen LogP contribution in [0.25, 0.3) is 0 Å². The smallest absolute Gasteiger partial charge is 0.223 e. The van der Waals surface area contributed by atoms with Gasteiger partial charge in [-0.2, -0.15) is 0 Å². The summed E-state index contributed by atoms with van der Waals surface area (Å²) in [6, 6.07) is 8.14. The van der Waals surface area contributed by atoms with Gasteiger partial charge in [0, 0.05) is 16.9 Å². The molecule has 0 bridgehead atoms. The van der Waals surface area contributed by atoms with Gasteiger partial charge in [-0.25, -0.2) is 0 Å². The van der Waals surface area contributed by atoms with E-state index in [1.165, 1.54) is 5.56 Å². The first kappa shape index (κ1) is 16.2. The Morgan fingerprint density at radius 2 is 2.21 bits per heavy atom. The van der Waals surface area contributed by atoms with Crippen molar-refractivity contribution in [2.75, 3.05) is 13.1 Å². The van der Waals surface area contributed by atoms with Gasteiger partial charge in [-0.15, -0.1) is 0 Å². The fourth-order valence-electron chi connectivity index (χ4n) is 2.00. The minimum Gasteiger partial charge on any atom is -0.356 e. The molecule has 0 saturated heterocycles. The molecule has 3 N–H and O–H groups in total. The Morgan fingerprint density at radius 3 is 2.84 bits per heavy atom. The molecule has 1 amide bonds. The van der Waals surface area contributed by atoms with Gasteiger partial charge in [0.25, 0.3) is 0 Å². The number of rotatable bonds is 8. The monoisotopic (exact) mass is 326 g/mol. The third kappa shape index (κ3) is 6.21. The summed E-state index contributed by atoms with van der Waals surface area (Å²) >= 11 is 3.46. The van der Waals surface area contributed by atoms with Gasteiger partial charge in [0.05, 0.1) is 0 Å². The van der Waals surface area contributed by atoms with Crippen molar-refractivity contribution in [3.63, 3.8) is 0 Å². The van der Waals surface area contributed by atoms with Gasteiger partial charge >= 0.3 is 0 Å². The topological polar surface area (TPSA) is 55.1 Å². The van der Waals surface area contributed by atoms with Crippen LogP contribution in [0.1, 0.15) is 31.7 Å². The average Bonchev–Trinajstić information content (AvgIpc) is 2.41. The molecule has 1 rings (SSSR count). The Bertz CT molecular complexity index is 395. The van der Waals surface area contributed by atoms with E-state index in [9.17, 15) is 4.79 Å². The largest absolute Gasteiger partial charge is 0.356 e. The van der Waals surface area contributed by atoms with Crippen LogP contribution in [0.2, 0.25) is 0 Å². The van der Waals surface area contributed by atoms with Crippen molar-refractivity contribution >= 4 is 21.8 Å². The number of hydrogen-bond donors (Lipinski definition) is 2. The molecule has 0 aliphatic carbocycles. The molecule has 0 aromatic heterocycles. The molecule has 0 radical (unpaired) electrons. The lowest BCUT2D eigenvalue weighted by Gasteiger charge is -2.15. The third-order valence-corrected chi connectivity index (χ3v) is 3.66. The van der Waals surface area contributed by atoms with Crippen LogP contribution in [0.3, 0.4) is 0 Å². The number of amides is 1. The molecular weight excluding hydrogens is 304 g/mol. The van der Waals surface area contributed by atoms with Gasteiger partial charge in [0.15, 0.2) is 0 Å². The molecule has 1 unspecified atom stereocenters. The predicted molar refractivity (Wildman–Crippen MR) is 82.9 cm³/mol. The number of nitrogens with two attached hydrogens (primary N) is 1. The predicted octanol–water partition coefficient (Wildman–Crippen LogP) is 2.87. The number of carbonyl (C=O) groups excluding carboxylic acids is 1. The summed E-state index contributed by atoms with van der Waals surface area (Å²) in [4.78, 5) is 12.1. The first-order valence-corrected chi connectivity index (χ1v) is 7.69. The van der Waals surface area contributed by atoms with Crippen LogP contribution in [0.5, 0.6) is 0 Å². The second-order valence-electron chi connectivity index (χ2n) is 4.73. The Balaban J connectivity index is 2.46. The van der Waals surface area contributed by atoms with Gasteiger partial charge in [0.2, 0.25) is 5.91 Å². The SMILES string of the molecule is CCC(Cc1cccc(Br)c1)C(=O)NCCCCN. The van der Waals surface area contributed by atoms with Gasteiger partial charge in [-0.3, -0.25) is 4.79 Å². The number of halogens is 1. The number of hydrogen-bond acceptors (Lipinski definition) is 2. The van der Waals surface area contributed by atoms with E-state index in [1.807, 2.05) is 12.1 Å². The molecular formula is C15H23BrN2O. The van der Waals surface area contributed by atoms with Crippen LogP contribution in [0, 0.1) is 5.92 Å². The van der Waals surface area contributed by atoms with E-state index in [-0.39, 0.29) is 11.8 Å². The zero-order valence-corrected chi connectivity index (χ0v) is 13.1. The maximum absolute atomic E-state index is 12.1. The maximum atomic E-state index is 12.1. The molecule has 3 nitrogen and oxygen atoms in total. The first-order valence-electron chi connectivity index (χ1n) is 6.89. The molecule has 4 heteroatoms. The average molecular weight is 327 g/mol. The standard InChI is InChI=1S/C15H23BrN2O/c1-2-13(15(19)18-9-4-3-8-17)10-12-6-5-7-14(16)11-12/h5-7,11,13H,2-4,8-10,17H2,1H3,(H,18,19). The van der Waals surface area contributed by atoms with Crippen molar-refractivity contribution in [2.45, 2.75) is 32.6 Å². The summed E-state index contributed by atoms with van der Waals surface area (Å²) < 4.78 is 1.06. The third-order valence-electron chi connectivity index (χ3n) is 3.16. The molecule has 0 aliphatic heterocycles. The van der Waals surface area contributed by atoms with E-state index in [1.54, 1.807) is 0 Å². The molecule has 1 aromatic carbocycles. The van der Waals surface area contributed by atoms with Gasteiger partial charge in [0.1, 0.15) is 0 Å². The van der Waals surface area contributed by atoms with E-state index in [2.05, 4.69) is 40.3 Å². The van der Waals surface area contributed by atoms with Crippen LogP contribution in [0.4, 0.5) is 0 Å². The van der Waals surface area contributed by atoms with Gasteiger partial charge in [-0.1, -0.05) is 35.0 Å². The van der Waals surface area contributed by atoms with Gasteiger partial charge < -0.3 is 11.1 Å². The zero-order chi connectivity index (χ0) is 14.1. The van der Waals surface area contributed by atoms with Crippen LogP contribution in [0.15, 0.2) is 28.7 Å². The fourth-order valence-corrected chi connectivity index (χ4v) is 2.44. The second-order valence-corrected chi connectivity index (χ2v) is 5.64. The number of benzene rings is 1. The molecule has 0 spiro atoms. The van der Waals surface area contributed by atoms with Crippen molar-refractivity contribution in [1.29, 1.82) is 0 Å². The van der Waals surface area contributed by atoms with Crippen LogP contribution in [-0.4, -0.2) is 19.0 Å². The molecule has 1 atom stereocenters. The summed E-state index contributed by atoms with van der Waals surface area (Å²) in [5.74, 6) is 0.201. The van der Waals surface area contributed by atoms with Gasteiger partial charge in [-0.05, 0) is 49.9 Å². The number of unbranched alkanes of at least 4 members (excludes halogenated alkanes) is 1. The highest BCUT2D eigenvalue weighted by molar-refractivity contribution is 9.10. The molecule has 1 aromatic rings. The highest BCUT2D eigenvalue weighted by Crippen LogP contribution is 2.17. The van der Waals surface area contributed by atoms with E-state index in [0.717, 1.165) is 36.7 Å². The van der Waals surface area contributed by atoms with E-state index in [4.69, 9.17) is 5.73 Å². The molecule has 0 heterocycles. The minimum atomic E-state index is 0.0483. The Hall–Kier alpha value is -0.870. The van der Waals surface area contributed by atoms with Crippen molar-refractivity contribution in [2.24, 2.45) is 11.7 Å². The number of nitrogens with one attached hydrogen (secondary N) is 1. The van der Waals surface area contributed by atoms with Crippen molar-refractivity contribution in [3.8, 4) is 0 Å². The molecule has 19 heavy (non-hydrogen) atoms. The molecule has 0 saturated carbocycles. The molecule has 106 valence electrons. The van der Waals surface area contributed by atoms with Crippen LogP contribution >= 0.6 is 15.9 Å². The van der Waals surface area contributed by atoms with Crippen molar-refractivity contribution in [3.05, 3.63) is 34.3 Å². The summed E-state index contributed by atoms with van der Waals surface area (Å²) in [5.41, 5.74) is 6.62. The summed E-state index contributed by atoms with van der Waals surface area (Å²) in [5, 5.41) is 3.00. The fraction of sp³-hybridized carbons (Fsp3) is 0.533. The van der Waals surface area contributed by atoms with E-state index in [0.29, 0.717) is 6.54 Å². The Morgan fingerprint density at radius 1 is 1.42 bits per heavy atom. The summed E-state index contributed by atoms with van der Waals surface area (Å²) in [6.07, 6.45) is 3.56. The lowest BCUT2D eigenvalue weighted by molar-refractivity contribution is -0.125.